The molecule has 0 bridgehead atoms. The summed E-state index contributed by atoms with van der Waals surface area (Å²) in [6.45, 7) is 3.96. The van der Waals surface area contributed by atoms with Gasteiger partial charge in [-0.05, 0) is 38.6 Å². The zero-order chi connectivity index (χ0) is 16.6. The molecule has 2 atom stereocenters. The number of carbonyl (C=O) groups excluding carboxylic acids is 1. The molecule has 0 saturated carbocycles. The summed E-state index contributed by atoms with van der Waals surface area (Å²) < 4.78 is 6.20. The Labute approximate surface area is 141 Å². The molecule has 3 rings (SSSR count). The smallest absolute Gasteiger partial charge is 0.183 e. The number of halogens is 1. The maximum atomic E-state index is 13.0. The summed E-state index contributed by atoms with van der Waals surface area (Å²) in [6.07, 6.45) is -0.319. The lowest BCUT2D eigenvalue weighted by Gasteiger charge is -2.28. The molecule has 2 aromatic rings. The van der Waals surface area contributed by atoms with Crippen molar-refractivity contribution in [3.8, 4) is 0 Å². The van der Waals surface area contributed by atoms with Crippen molar-refractivity contribution >= 4 is 17.4 Å². The summed E-state index contributed by atoms with van der Waals surface area (Å²) in [5, 5.41) is 0.672. The molecule has 1 aliphatic heterocycles. The highest BCUT2D eigenvalue weighted by Crippen LogP contribution is 2.41. The van der Waals surface area contributed by atoms with Gasteiger partial charge in [0.15, 0.2) is 5.78 Å². The highest BCUT2D eigenvalue weighted by molar-refractivity contribution is 6.30. The molecule has 0 spiro atoms. The van der Waals surface area contributed by atoms with Crippen molar-refractivity contribution in [2.24, 2.45) is 0 Å². The minimum Gasteiger partial charge on any atom is -0.351 e. The van der Waals surface area contributed by atoms with Crippen LogP contribution in [0, 0.1) is 0 Å². The Morgan fingerprint density at radius 1 is 1.09 bits per heavy atom. The van der Waals surface area contributed by atoms with E-state index in [0.29, 0.717) is 10.6 Å². The first-order valence-electron chi connectivity index (χ1n) is 7.65. The zero-order valence-corrected chi connectivity index (χ0v) is 14.2. The third-order valence-electron chi connectivity index (χ3n) is 4.49. The van der Waals surface area contributed by atoms with E-state index in [1.54, 1.807) is 0 Å². The van der Waals surface area contributed by atoms with E-state index in [1.165, 1.54) is 0 Å². The number of likely N-dealkylation sites (N-methyl/N-ethyl adjacent to an activating group) is 1. The third kappa shape index (κ3) is 3.05. The van der Waals surface area contributed by atoms with Gasteiger partial charge in [-0.1, -0.05) is 54.1 Å². The van der Waals surface area contributed by atoms with Crippen molar-refractivity contribution in [1.82, 2.24) is 4.90 Å². The largest absolute Gasteiger partial charge is 0.351 e. The lowest BCUT2D eigenvalue weighted by atomic mass is 9.94. The molecular formula is C19H20ClNO2. The fraction of sp³-hybridized carbons (Fsp3) is 0.316. The Kier molecular flexibility index (Phi) is 4.28. The number of benzene rings is 2. The summed E-state index contributed by atoms with van der Waals surface area (Å²) >= 11 is 5.98. The van der Waals surface area contributed by atoms with Gasteiger partial charge >= 0.3 is 0 Å². The van der Waals surface area contributed by atoms with E-state index in [4.69, 9.17) is 16.3 Å². The fourth-order valence-corrected chi connectivity index (χ4v) is 3.11. The van der Waals surface area contributed by atoms with E-state index >= 15 is 0 Å². The van der Waals surface area contributed by atoms with Crippen LogP contribution >= 0.6 is 11.6 Å². The van der Waals surface area contributed by atoms with E-state index < -0.39 is 5.72 Å². The topological polar surface area (TPSA) is 29.5 Å². The molecule has 2 aromatic carbocycles. The SMILES string of the molecule is CN1[C@@H](C(=O)c2ccccc2)[C@@H](c2ccc(Cl)cc2)OC1(C)C. The molecule has 0 radical (unpaired) electrons. The number of nitrogens with zero attached hydrogens (tertiary/aromatic N) is 1. The highest BCUT2D eigenvalue weighted by Gasteiger charge is 2.49. The molecule has 1 fully saturated rings. The second-order valence-electron chi connectivity index (χ2n) is 6.32. The van der Waals surface area contributed by atoms with Gasteiger partial charge in [-0.25, -0.2) is 0 Å². The van der Waals surface area contributed by atoms with Crippen LogP contribution in [-0.2, 0) is 4.74 Å². The minimum atomic E-state index is -0.514. The maximum absolute atomic E-state index is 13.0. The number of Topliss-reactive ketones (excluding diaryl/α,β-unsaturated/α-hetero) is 1. The fourth-order valence-electron chi connectivity index (χ4n) is 2.99. The zero-order valence-electron chi connectivity index (χ0n) is 13.5. The molecule has 0 aromatic heterocycles. The Bertz CT molecular complexity index is 697. The van der Waals surface area contributed by atoms with Crippen molar-refractivity contribution in [2.75, 3.05) is 7.05 Å². The summed E-state index contributed by atoms with van der Waals surface area (Å²) in [4.78, 5) is 15.0. The summed E-state index contributed by atoms with van der Waals surface area (Å²) in [5.41, 5.74) is 1.14. The van der Waals surface area contributed by atoms with Gasteiger partial charge in [0, 0.05) is 10.6 Å². The lowest BCUT2D eigenvalue weighted by Crippen LogP contribution is -2.44. The third-order valence-corrected chi connectivity index (χ3v) is 4.75. The quantitative estimate of drug-likeness (QED) is 0.785. The first-order valence-corrected chi connectivity index (χ1v) is 8.03. The molecule has 120 valence electrons. The van der Waals surface area contributed by atoms with Crippen molar-refractivity contribution in [2.45, 2.75) is 31.7 Å². The van der Waals surface area contributed by atoms with Crippen LogP contribution in [0.3, 0.4) is 0 Å². The van der Waals surface area contributed by atoms with Gasteiger partial charge < -0.3 is 4.74 Å². The van der Waals surface area contributed by atoms with Crippen molar-refractivity contribution in [3.05, 3.63) is 70.7 Å². The number of rotatable bonds is 3. The van der Waals surface area contributed by atoms with E-state index in [-0.39, 0.29) is 17.9 Å². The van der Waals surface area contributed by atoms with E-state index in [9.17, 15) is 4.79 Å². The van der Waals surface area contributed by atoms with Gasteiger partial charge in [0.1, 0.15) is 17.9 Å². The summed E-state index contributed by atoms with van der Waals surface area (Å²) in [6, 6.07) is 16.5. The number of hydrogen-bond acceptors (Lipinski definition) is 3. The van der Waals surface area contributed by atoms with Gasteiger partial charge in [0.2, 0.25) is 0 Å². The van der Waals surface area contributed by atoms with Crippen molar-refractivity contribution in [3.63, 3.8) is 0 Å². The second kappa shape index (κ2) is 6.08. The van der Waals surface area contributed by atoms with Crippen molar-refractivity contribution in [1.29, 1.82) is 0 Å². The van der Waals surface area contributed by atoms with Crippen LogP contribution < -0.4 is 0 Å². The standard InChI is InChI=1S/C19H20ClNO2/c1-19(2)21(3)16(17(22)13-7-5-4-6-8-13)18(23-19)14-9-11-15(20)12-10-14/h4-12,16,18H,1-3H3/t16-,18+/m0/s1. The number of hydrogen-bond donors (Lipinski definition) is 0. The van der Waals surface area contributed by atoms with Crippen LogP contribution in [-0.4, -0.2) is 29.5 Å². The molecule has 3 nitrogen and oxygen atoms in total. The molecule has 0 amide bonds. The van der Waals surface area contributed by atoms with Gasteiger partial charge in [-0.3, -0.25) is 9.69 Å². The average molecular weight is 330 g/mol. The lowest BCUT2D eigenvalue weighted by molar-refractivity contribution is -0.0683. The number of ketones is 1. The number of carbonyl (C=O) groups is 1. The maximum Gasteiger partial charge on any atom is 0.183 e. The second-order valence-corrected chi connectivity index (χ2v) is 6.76. The molecule has 1 saturated heterocycles. The van der Waals surface area contributed by atoms with E-state index in [1.807, 2.05) is 80.4 Å². The van der Waals surface area contributed by atoms with Gasteiger partial charge in [0.25, 0.3) is 0 Å². The first kappa shape index (κ1) is 16.2. The molecule has 0 N–H and O–H groups in total. The Balaban J connectivity index is 2.00. The molecule has 0 aliphatic carbocycles. The van der Waals surface area contributed by atoms with Crippen LogP contribution in [0.1, 0.15) is 35.9 Å². The highest BCUT2D eigenvalue weighted by atomic mass is 35.5. The van der Waals surface area contributed by atoms with Crippen LogP contribution in [0.15, 0.2) is 54.6 Å². The van der Waals surface area contributed by atoms with Crippen LogP contribution in [0.5, 0.6) is 0 Å². The summed E-state index contributed by atoms with van der Waals surface area (Å²) in [5.74, 6) is 0.0682. The normalized spacial score (nSPS) is 23.8. The van der Waals surface area contributed by atoms with Crippen LogP contribution in [0.4, 0.5) is 0 Å². The van der Waals surface area contributed by atoms with Gasteiger partial charge in [-0.2, -0.15) is 0 Å². The summed E-state index contributed by atoms with van der Waals surface area (Å²) in [7, 11) is 1.93. The molecule has 23 heavy (non-hydrogen) atoms. The van der Waals surface area contributed by atoms with Crippen LogP contribution in [0.25, 0.3) is 0 Å². The van der Waals surface area contributed by atoms with E-state index in [2.05, 4.69) is 0 Å². The van der Waals surface area contributed by atoms with Gasteiger partial charge in [-0.15, -0.1) is 0 Å². The Morgan fingerprint density at radius 3 is 2.30 bits per heavy atom. The average Bonchev–Trinajstić information content (AvgIpc) is 2.78. The van der Waals surface area contributed by atoms with Crippen molar-refractivity contribution < 1.29 is 9.53 Å². The monoisotopic (exact) mass is 329 g/mol. The van der Waals surface area contributed by atoms with Crippen LogP contribution in [0.2, 0.25) is 5.02 Å². The molecular weight excluding hydrogens is 310 g/mol. The predicted octanol–water partition coefficient (Wildman–Crippen LogP) is 4.33. The first-order chi connectivity index (χ1) is 10.9. The predicted molar refractivity (Wildman–Crippen MR) is 91.7 cm³/mol. The molecule has 1 aliphatic rings. The van der Waals surface area contributed by atoms with Gasteiger partial charge in [0.05, 0.1) is 0 Å². The Morgan fingerprint density at radius 2 is 1.70 bits per heavy atom. The number of ether oxygens (including phenoxy) is 1. The molecule has 4 heteroatoms. The Hall–Kier alpha value is -1.68. The molecule has 1 heterocycles. The van der Waals surface area contributed by atoms with E-state index in [0.717, 1.165) is 5.56 Å². The molecule has 0 unspecified atom stereocenters. The minimum absolute atomic E-state index is 0.0682.